The first-order valence-corrected chi connectivity index (χ1v) is 6.28. The van der Waals surface area contributed by atoms with E-state index in [0.717, 1.165) is 0 Å². The summed E-state index contributed by atoms with van der Waals surface area (Å²) in [5.74, 6) is -0.196. The van der Waals surface area contributed by atoms with E-state index in [1.54, 1.807) is 31.2 Å². The maximum Gasteiger partial charge on any atom is 0.407 e. The van der Waals surface area contributed by atoms with Crippen molar-refractivity contribution in [1.82, 2.24) is 5.32 Å². The van der Waals surface area contributed by atoms with Crippen molar-refractivity contribution >= 4 is 17.7 Å². The Balaban J connectivity index is 2.73. The van der Waals surface area contributed by atoms with Gasteiger partial charge in [-0.2, -0.15) is 5.26 Å². The van der Waals surface area contributed by atoms with Crippen LogP contribution in [0.5, 0.6) is 0 Å². The van der Waals surface area contributed by atoms with Crippen molar-refractivity contribution in [2.45, 2.75) is 13.8 Å². The lowest BCUT2D eigenvalue weighted by atomic mass is 10.1. The zero-order valence-corrected chi connectivity index (χ0v) is 11.5. The third-order valence-corrected chi connectivity index (χ3v) is 2.58. The number of ether oxygens (including phenoxy) is 1. The van der Waals surface area contributed by atoms with Crippen molar-refractivity contribution < 1.29 is 14.3 Å². The number of nitriles is 1. The number of benzene rings is 1. The van der Waals surface area contributed by atoms with Crippen LogP contribution in [0, 0.1) is 11.3 Å². The Kier molecular flexibility index (Phi) is 6.04. The molecule has 2 amide bonds. The number of nitrogens with one attached hydrogen (secondary N) is 1. The molecule has 0 atom stereocenters. The highest BCUT2D eigenvalue weighted by atomic mass is 16.5. The van der Waals surface area contributed by atoms with E-state index in [1.165, 1.54) is 11.8 Å². The summed E-state index contributed by atoms with van der Waals surface area (Å²) in [4.78, 5) is 24.3. The zero-order valence-electron chi connectivity index (χ0n) is 11.5. The SMILES string of the molecule is CCOC(=O)NCCN(C(C)=O)c1ccccc1C#N. The lowest BCUT2D eigenvalue weighted by molar-refractivity contribution is -0.116. The molecule has 6 nitrogen and oxygen atoms in total. The molecule has 0 fully saturated rings. The van der Waals surface area contributed by atoms with E-state index in [0.29, 0.717) is 17.9 Å². The van der Waals surface area contributed by atoms with Gasteiger partial charge in [0, 0.05) is 20.0 Å². The Morgan fingerprint density at radius 2 is 2.10 bits per heavy atom. The van der Waals surface area contributed by atoms with Crippen molar-refractivity contribution in [2.24, 2.45) is 0 Å². The highest BCUT2D eigenvalue weighted by Gasteiger charge is 2.15. The van der Waals surface area contributed by atoms with Crippen LogP contribution >= 0.6 is 0 Å². The largest absolute Gasteiger partial charge is 0.450 e. The van der Waals surface area contributed by atoms with E-state index >= 15 is 0 Å². The summed E-state index contributed by atoms with van der Waals surface area (Å²) in [6, 6.07) is 8.87. The van der Waals surface area contributed by atoms with Crippen LogP contribution in [0.1, 0.15) is 19.4 Å². The molecule has 1 N–H and O–H groups in total. The third-order valence-electron chi connectivity index (χ3n) is 2.58. The molecule has 0 aromatic heterocycles. The van der Waals surface area contributed by atoms with Gasteiger partial charge in [-0.1, -0.05) is 12.1 Å². The lowest BCUT2D eigenvalue weighted by Crippen LogP contribution is -2.38. The van der Waals surface area contributed by atoms with Gasteiger partial charge in [-0.15, -0.1) is 0 Å². The average molecular weight is 275 g/mol. The summed E-state index contributed by atoms with van der Waals surface area (Å²) in [5.41, 5.74) is 0.951. The predicted octanol–water partition coefficient (Wildman–Crippen LogP) is 1.66. The fraction of sp³-hybridized carbons (Fsp3) is 0.357. The van der Waals surface area contributed by atoms with Gasteiger partial charge >= 0.3 is 6.09 Å². The monoisotopic (exact) mass is 275 g/mol. The second kappa shape index (κ2) is 7.79. The number of nitrogens with zero attached hydrogens (tertiary/aromatic N) is 2. The Bertz CT molecular complexity index is 523. The van der Waals surface area contributed by atoms with Crippen molar-refractivity contribution in [1.29, 1.82) is 5.26 Å². The molecule has 0 unspecified atom stereocenters. The minimum absolute atomic E-state index is 0.196. The Hall–Kier alpha value is -2.55. The number of para-hydroxylation sites is 1. The predicted molar refractivity (Wildman–Crippen MR) is 74.2 cm³/mol. The molecule has 0 radical (unpaired) electrons. The number of amides is 2. The van der Waals surface area contributed by atoms with Crippen molar-refractivity contribution in [3.8, 4) is 6.07 Å². The standard InChI is InChI=1S/C14H17N3O3/c1-3-20-14(19)16-8-9-17(11(2)18)13-7-5-4-6-12(13)10-15/h4-7H,3,8-9H2,1-2H3,(H,16,19). The molecule has 0 aliphatic carbocycles. The highest BCUT2D eigenvalue weighted by molar-refractivity contribution is 5.93. The maximum atomic E-state index is 11.7. The Morgan fingerprint density at radius 3 is 2.70 bits per heavy atom. The smallest absolute Gasteiger partial charge is 0.407 e. The molecular formula is C14H17N3O3. The van der Waals surface area contributed by atoms with Gasteiger partial charge in [-0.3, -0.25) is 4.79 Å². The molecular weight excluding hydrogens is 258 g/mol. The first-order chi connectivity index (χ1) is 9.60. The van der Waals surface area contributed by atoms with Crippen LogP contribution in [0.15, 0.2) is 24.3 Å². The molecule has 0 aliphatic heterocycles. The second-order valence-electron chi connectivity index (χ2n) is 3.95. The van der Waals surface area contributed by atoms with Crippen molar-refractivity contribution in [3.63, 3.8) is 0 Å². The average Bonchev–Trinajstić information content (AvgIpc) is 2.43. The van der Waals surface area contributed by atoms with Gasteiger partial charge in [0.15, 0.2) is 0 Å². The first-order valence-electron chi connectivity index (χ1n) is 6.28. The molecule has 0 aliphatic rings. The summed E-state index contributed by atoms with van der Waals surface area (Å²) < 4.78 is 4.73. The summed E-state index contributed by atoms with van der Waals surface area (Å²) in [7, 11) is 0. The van der Waals surface area contributed by atoms with Crippen LogP contribution < -0.4 is 10.2 Å². The van der Waals surface area contributed by atoms with Crippen molar-refractivity contribution in [2.75, 3.05) is 24.6 Å². The van der Waals surface area contributed by atoms with E-state index in [2.05, 4.69) is 5.32 Å². The molecule has 0 spiro atoms. The molecule has 0 saturated heterocycles. The summed E-state index contributed by atoms with van der Waals surface area (Å²) in [6.07, 6.45) is -0.524. The van der Waals surface area contributed by atoms with Gasteiger partial charge < -0.3 is 15.0 Å². The van der Waals surface area contributed by atoms with Crippen LogP contribution in [0.4, 0.5) is 10.5 Å². The van der Waals surface area contributed by atoms with Gasteiger partial charge in [0.1, 0.15) is 6.07 Å². The second-order valence-corrected chi connectivity index (χ2v) is 3.95. The summed E-state index contributed by atoms with van der Waals surface area (Å²) >= 11 is 0. The Labute approximate surface area is 117 Å². The fourth-order valence-electron chi connectivity index (χ4n) is 1.70. The van der Waals surface area contributed by atoms with Crippen LogP contribution in [-0.2, 0) is 9.53 Å². The topological polar surface area (TPSA) is 82.4 Å². The van der Waals surface area contributed by atoms with Gasteiger partial charge in [0.2, 0.25) is 5.91 Å². The van der Waals surface area contributed by atoms with Crippen molar-refractivity contribution in [3.05, 3.63) is 29.8 Å². The molecule has 0 bridgehead atoms. The normalized spacial score (nSPS) is 9.45. The zero-order chi connectivity index (χ0) is 15.0. The van der Waals surface area contributed by atoms with Gasteiger partial charge in [0.05, 0.1) is 17.9 Å². The number of anilines is 1. The number of hydrogen-bond acceptors (Lipinski definition) is 4. The first kappa shape index (κ1) is 15.5. The molecule has 106 valence electrons. The van der Waals surface area contributed by atoms with Crippen LogP contribution in [-0.4, -0.2) is 31.7 Å². The van der Waals surface area contributed by atoms with E-state index in [9.17, 15) is 9.59 Å². The molecule has 20 heavy (non-hydrogen) atoms. The number of alkyl carbamates (subject to hydrolysis) is 1. The summed E-state index contributed by atoms with van der Waals surface area (Å²) in [6.45, 7) is 3.94. The van der Waals surface area contributed by atoms with Gasteiger partial charge in [-0.25, -0.2) is 4.79 Å². The molecule has 0 saturated carbocycles. The fourth-order valence-corrected chi connectivity index (χ4v) is 1.70. The van der Waals surface area contributed by atoms with E-state index in [1.807, 2.05) is 6.07 Å². The molecule has 1 rings (SSSR count). The number of hydrogen-bond donors (Lipinski definition) is 1. The lowest BCUT2D eigenvalue weighted by Gasteiger charge is -2.22. The number of carbonyl (C=O) groups is 2. The highest BCUT2D eigenvalue weighted by Crippen LogP contribution is 2.19. The number of carbonyl (C=O) groups excluding carboxylic acids is 2. The maximum absolute atomic E-state index is 11.7. The quantitative estimate of drug-likeness (QED) is 0.885. The summed E-state index contributed by atoms with van der Waals surface area (Å²) in [5, 5.41) is 11.6. The van der Waals surface area contributed by atoms with Gasteiger partial charge in [-0.05, 0) is 19.1 Å². The number of rotatable bonds is 5. The molecule has 6 heteroatoms. The minimum atomic E-state index is -0.524. The minimum Gasteiger partial charge on any atom is -0.450 e. The molecule has 1 aromatic rings. The molecule has 1 aromatic carbocycles. The van der Waals surface area contributed by atoms with Gasteiger partial charge in [0.25, 0.3) is 0 Å². The van der Waals surface area contributed by atoms with E-state index in [4.69, 9.17) is 10.00 Å². The van der Waals surface area contributed by atoms with Crippen LogP contribution in [0.2, 0.25) is 0 Å². The van der Waals surface area contributed by atoms with Crippen LogP contribution in [0.3, 0.4) is 0 Å². The van der Waals surface area contributed by atoms with E-state index in [-0.39, 0.29) is 19.0 Å². The molecule has 0 heterocycles. The van der Waals surface area contributed by atoms with E-state index < -0.39 is 6.09 Å². The Morgan fingerprint density at radius 1 is 1.40 bits per heavy atom. The van der Waals surface area contributed by atoms with Crippen LogP contribution in [0.25, 0.3) is 0 Å². The third kappa shape index (κ3) is 4.28.